The smallest absolute Gasteiger partial charge is 0.238 e. The number of aromatic nitrogens is 7. The standard InChI is InChI=1S/C21H23N9OS/c31-20(24-17-5-3-16(4-6-17)12-29-15-22-14-23-29)13-28-9-7-18(8-10-28)30-26-21(25-27-30)19-2-1-11-32-19/h1-6,11,14-15,18H,7-10,12-13H2,(H,24,31). The van der Waals surface area contributed by atoms with Gasteiger partial charge in [0.15, 0.2) is 0 Å². The zero-order valence-electron chi connectivity index (χ0n) is 17.4. The van der Waals surface area contributed by atoms with Gasteiger partial charge in [0.05, 0.1) is 24.0 Å². The zero-order chi connectivity index (χ0) is 21.8. The number of anilines is 1. The van der Waals surface area contributed by atoms with Crippen molar-refractivity contribution in [1.82, 2.24) is 39.9 Å². The maximum absolute atomic E-state index is 12.5. The molecule has 5 rings (SSSR count). The first-order valence-electron chi connectivity index (χ1n) is 10.5. The fraction of sp³-hybridized carbons (Fsp3) is 0.333. The SMILES string of the molecule is O=C(CN1CCC(n2nnc(-c3cccs3)n2)CC1)Nc1ccc(Cn2cncn2)cc1. The maximum atomic E-state index is 12.5. The summed E-state index contributed by atoms with van der Waals surface area (Å²) in [7, 11) is 0. The van der Waals surface area contributed by atoms with Gasteiger partial charge in [-0.05, 0) is 47.2 Å². The summed E-state index contributed by atoms with van der Waals surface area (Å²) < 4.78 is 1.76. The zero-order valence-corrected chi connectivity index (χ0v) is 18.2. The van der Waals surface area contributed by atoms with Crippen molar-refractivity contribution in [3.05, 3.63) is 60.0 Å². The van der Waals surface area contributed by atoms with E-state index in [-0.39, 0.29) is 11.9 Å². The summed E-state index contributed by atoms with van der Waals surface area (Å²) in [5, 5.41) is 22.1. The third-order valence-electron chi connectivity index (χ3n) is 5.47. The predicted molar refractivity (Wildman–Crippen MR) is 120 cm³/mol. The second kappa shape index (κ2) is 9.37. The molecule has 1 fully saturated rings. The molecule has 1 aromatic carbocycles. The Bertz CT molecular complexity index is 1130. The number of thiophene rings is 1. The summed E-state index contributed by atoms with van der Waals surface area (Å²) in [6, 6.07) is 12.0. The Morgan fingerprint density at radius 2 is 2.00 bits per heavy atom. The van der Waals surface area contributed by atoms with Crippen molar-refractivity contribution in [2.75, 3.05) is 25.0 Å². The van der Waals surface area contributed by atoms with Crippen LogP contribution in [0.5, 0.6) is 0 Å². The van der Waals surface area contributed by atoms with Crippen LogP contribution in [-0.4, -0.2) is 65.4 Å². The van der Waals surface area contributed by atoms with Gasteiger partial charge in [0, 0.05) is 18.8 Å². The fourth-order valence-corrected chi connectivity index (χ4v) is 4.44. The summed E-state index contributed by atoms with van der Waals surface area (Å²) in [6.45, 7) is 2.67. The van der Waals surface area contributed by atoms with Crippen LogP contribution in [0.25, 0.3) is 10.7 Å². The van der Waals surface area contributed by atoms with Crippen LogP contribution in [0, 0.1) is 0 Å². The van der Waals surface area contributed by atoms with Gasteiger partial charge < -0.3 is 5.32 Å². The topological polar surface area (TPSA) is 107 Å². The highest BCUT2D eigenvalue weighted by molar-refractivity contribution is 7.13. The molecule has 1 N–H and O–H groups in total. The lowest BCUT2D eigenvalue weighted by Gasteiger charge is -2.30. The highest BCUT2D eigenvalue weighted by Crippen LogP contribution is 2.24. The van der Waals surface area contributed by atoms with E-state index in [2.05, 4.69) is 35.7 Å². The average molecular weight is 450 g/mol. The summed E-state index contributed by atoms with van der Waals surface area (Å²) in [5.41, 5.74) is 1.89. The number of nitrogens with zero attached hydrogens (tertiary/aromatic N) is 8. The van der Waals surface area contributed by atoms with Crippen LogP contribution in [0.4, 0.5) is 5.69 Å². The van der Waals surface area contributed by atoms with Gasteiger partial charge in [0.25, 0.3) is 0 Å². The van der Waals surface area contributed by atoms with Crippen LogP contribution < -0.4 is 5.32 Å². The van der Waals surface area contributed by atoms with Crippen molar-refractivity contribution < 1.29 is 4.79 Å². The summed E-state index contributed by atoms with van der Waals surface area (Å²) in [6.07, 6.45) is 4.98. The minimum atomic E-state index is -0.00802. The molecule has 0 saturated carbocycles. The second-order valence-electron chi connectivity index (χ2n) is 7.76. The van der Waals surface area contributed by atoms with E-state index in [0.29, 0.717) is 18.9 Å². The highest BCUT2D eigenvalue weighted by Gasteiger charge is 2.24. The number of hydrogen-bond donors (Lipinski definition) is 1. The first kappa shape index (κ1) is 20.5. The summed E-state index contributed by atoms with van der Waals surface area (Å²) in [4.78, 5) is 21.4. The third-order valence-corrected chi connectivity index (χ3v) is 6.34. The Balaban J connectivity index is 1.08. The number of hydrogen-bond acceptors (Lipinski definition) is 8. The largest absolute Gasteiger partial charge is 0.325 e. The molecule has 0 radical (unpaired) electrons. The minimum absolute atomic E-state index is 0.00802. The third kappa shape index (κ3) is 4.89. The van der Waals surface area contributed by atoms with E-state index in [0.717, 1.165) is 42.1 Å². The molecule has 0 bridgehead atoms. The van der Waals surface area contributed by atoms with E-state index >= 15 is 0 Å². The van der Waals surface area contributed by atoms with E-state index in [1.165, 1.54) is 6.33 Å². The lowest BCUT2D eigenvalue weighted by molar-refractivity contribution is -0.117. The molecule has 1 aliphatic rings. The summed E-state index contributed by atoms with van der Waals surface area (Å²) >= 11 is 1.61. The summed E-state index contributed by atoms with van der Waals surface area (Å²) in [5.74, 6) is 0.667. The number of carbonyl (C=O) groups excluding carboxylic acids is 1. The molecule has 164 valence electrons. The molecular formula is C21H23N9OS. The molecule has 0 unspecified atom stereocenters. The van der Waals surface area contributed by atoms with E-state index < -0.39 is 0 Å². The molecule has 1 aliphatic heterocycles. The number of benzene rings is 1. The molecule has 3 aromatic heterocycles. The van der Waals surface area contributed by atoms with Gasteiger partial charge in [-0.3, -0.25) is 9.69 Å². The lowest BCUT2D eigenvalue weighted by atomic mass is 10.1. The number of rotatable bonds is 7. The number of amides is 1. The van der Waals surface area contributed by atoms with Crippen molar-refractivity contribution in [3.8, 4) is 10.7 Å². The van der Waals surface area contributed by atoms with E-state index in [1.807, 2.05) is 41.8 Å². The van der Waals surface area contributed by atoms with Gasteiger partial charge in [-0.2, -0.15) is 9.90 Å². The van der Waals surface area contributed by atoms with Crippen LogP contribution in [0.15, 0.2) is 54.4 Å². The van der Waals surface area contributed by atoms with E-state index in [4.69, 9.17) is 0 Å². The number of likely N-dealkylation sites (tertiary alicyclic amines) is 1. The van der Waals surface area contributed by atoms with Gasteiger partial charge >= 0.3 is 0 Å². The molecule has 1 amide bonds. The Morgan fingerprint density at radius 1 is 1.16 bits per heavy atom. The van der Waals surface area contributed by atoms with Crippen molar-refractivity contribution in [2.45, 2.75) is 25.4 Å². The fourth-order valence-electron chi connectivity index (χ4n) is 3.79. The normalized spacial score (nSPS) is 15.1. The van der Waals surface area contributed by atoms with Crippen LogP contribution in [0.2, 0.25) is 0 Å². The average Bonchev–Trinajstić information content (AvgIpc) is 3.58. The van der Waals surface area contributed by atoms with Crippen LogP contribution in [-0.2, 0) is 11.3 Å². The molecule has 0 aliphatic carbocycles. The first-order chi connectivity index (χ1) is 15.7. The number of carbonyl (C=O) groups is 1. The van der Waals surface area contributed by atoms with Crippen molar-refractivity contribution >= 4 is 22.9 Å². The highest BCUT2D eigenvalue weighted by atomic mass is 32.1. The molecule has 11 heteroatoms. The number of piperidine rings is 1. The molecule has 1 saturated heterocycles. The van der Waals surface area contributed by atoms with Gasteiger partial charge in [-0.1, -0.05) is 18.2 Å². The Morgan fingerprint density at radius 3 is 2.72 bits per heavy atom. The Kier molecular flexibility index (Phi) is 5.99. The second-order valence-corrected chi connectivity index (χ2v) is 8.70. The maximum Gasteiger partial charge on any atom is 0.238 e. The lowest BCUT2D eigenvalue weighted by Crippen LogP contribution is -2.40. The number of tetrazole rings is 1. The van der Waals surface area contributed by atoms with E-state index in [9.17, 15) is 4.79 Å². The van der Waals surface area contributed by atoms with Gasteiger partial charge in [0.1, 0.15) is 12.7 Å². The molecule has 4 heterocycles. The van der Waals surface area contributed by atoms with Crippen molar-refractivity contribution in [3.63, 3.8) is 0 Å². The molecule has 0 spiro atoms. The van der Waals surface area contributed by atoms with Gasteiger partial charge in [-0.25, -0.2) is 9.67 Å². The molecule has 0 atom stereocenters. The Hall–Kier alpha value is -3.44. The first-order valence-corrected chi connectivity index (χ1v) is 11.4. The monoisotopic (exact) mass is 449 g/mol. The van der Waals surface area contributed by atoms with Crippen LogP contribution in [0.1, 0.15) is 24.4 Å². The molecular weight excluding hydrogens is 426 g/mol. The molecule has 10 nitrogen and oxygen atoms in total. The predicted octanol–water partition coefficient (Wildman–Crippen LogP) is 2.32. The van der Waals surface area contributed by atoms with Gasteiger partial charge in [0.2, 0.25) is 11.7 Å². The van der Waals surface area contributed by atoms with Crippen molar-refractivity contribution in [2.24, 2.45) is 0 Å². The quantitative estimate of drug-likeness (QED) is 0.461. The number of nitrogens with one attached hydrogen (secondary N) is 1. The minimum Gasteiger partial charge on any atom is -0.325 e. The molecule has 32 heavy (non-hydrogen) atoms. The molecule has 4 aromatic rings. The van der Waals surface area contributed by atoms with E-state index in [1.54, 1.807) is 27.1 Å². The van der Waals surface area contributed by atoms with Gasteiger partial charge in [-0.15, -0.1) is 21.5 Å². The Labute approximate surface area is 188 Å². The van der Waals surface area contributed by atoms with Crippen LogP contribution in [0.3, 0.4) is 0 Å². The van der Waals surface area contributed by atoms with Crippen LogP contribution >= 0.6 is 11.3 Å². The van der Waals surface area contributed by atoms with Crippen molar-refractivity contribution in [1.29, 1.82) is 0 Å².